The summed E-state index contributed by atoms with van der Waals surface area (Å²) in [4.78, 5) is 29.6. The lowest BCUT2D eigenvalue weighted by Gasteiger charge is -2.36. The molecule has 1 aromatic carbocycles. The second kappa shape index (κ2) is 7.43. The zero-order valence-corrected chi connectivity index (χ0v) is 16.9. The molecule has 0 spiro atoms. The lowest BCUT2D eigenvalue weighted by molar-refractivity contribution is -0.141. The van der Waals surface area contributed by atoms with Crippen LogP contribution in [0.2, 0.25) is 5.02 Å². The molecular formula is C20H25ClN2O4. The van der Waals surface area contributed by atoms with E-state index in [9.17, 15) is 9.59 Å². The highest BCUT2D eigenvalue weighted by Gasteiger charge is 2.35. The first kappa shape index (κ1) is 19.5. The van der Waals surface area contributed by atoms with Gasteiger partial charge >= 0.3 is 12.1 Å². The first-order chi connectivity index (χ1) is 12.7. The van der Waals surface area contributed by atoms with Crippen LogP contribution in [0.4, 0.5) is 4.79 Å². The fourth-order valence-corrected chi connectivity index (χ4v) is 3.71. The van der Waals surface area contributed by atoms with E-state index in [4.69, 9.17) is 21.1 Å². The van der Waals surface area contributed by atoms with E-state index in [0.717, 1.165) is 22.2 Å². The molecule has 0 saturated carbocycles. The maximum absolute atomic E-state index is 12.8. The van der Waals surface area contributed by atoms with E-state index >= 15 is 0 Å². The number of esters is 1. The number of hydrogen-bond acceptors (Lipinski definition) is 4. The van der Waals surface area contributed by atoms with Crippen molar-refractivity contribution in [2.24, 2.45) is 0 Å². The van der Waals surface area contributed by atoms with E-state index in [-0.39, 0.29) is 24.5 Å². The number of halogens is 1. The van der Waals surface area contributed by atoms with Gasteiger partial charge in [0, 0.05) is 34.6 Å². The van der Waals surface area contributed by atoms with Crippen molar-refractivity contribution in [3.63, 3.8) is 0 Å². The lowest BCUT2D eigenvalue weighted by Crippen LogP contribution is -2.43. The average Bonchev–Trinajstić information content (AvgIpc) is 2.95. The van der Waals surface area contributed by atoms with Crippen molar-refractivity contribution in [1.29, 1.82) is 0 Å². The number of fused-ring (bicyclic) bond motifs is 3. The van der Waals surface area contributed by atoms with Crippen LogP contribution in [0, 0.1) is 0 Å². The summed E-state index contributed by atoms with van der Waals surface area (Å²) in [6.45, 7) is 6.05. The Hall–Kier alpha value is -2.21. The van der Waals surface area contributed by atoms with Crippen LogP contribution < -0.4 is 0 Å². The number of aromatic amines is 1. The van der Waals surface area contributed by atoms with Gasteiger partial charge in [-0.05, 0) is 57.4 Å². The van der Waals surface area contributed by atoms with Crippen LogP contribution in [-0.2, 0) is 20.7 Å². The third-order valence-electron chi connectivity index (χ3n) is 4.69. The number of H-pyrrole nitrogens is 1. The maximum atomic E-state index is 12.8. The molecule has 3 rings (SSSR count). The fourth-order valence-electron chi connectivity index (χ4n) is 3.53. The molecule has 1 aliphatic rings. The number of carbonyl (C=O) groups excluding carboxylic acids is 2. The Morgan fingerprint density at radius 2 is 2.07 bits per heavy atom. The van der Waals surface area contributed by atoms with Crippen molar-refractivity contribution < 1.29 is 19.1 Å². The number of ether oxygens (including phenoxy) is 2. The first-order valence-electron chi connectivity index (χ1n) is 9.06. The van der Waals surface area contributed by atoms with Gasteiger partial charge in [-0.25, -0.2) is 4.79 Å². The van der Waals surface area contributed by atoms with Gasteiger partial charge in [-0.1, -0.05) is 11.6 Å². The normalized spacial score (nSPS) is 16.9. The molecule has 0 aliphatic carbocycles. The minimum atomic E-state index is -0.585. The Labute approximate surface area is 163 Å². The average molecular weight is 393 g/mol. The van der Waals surface area contributed by atoms with E-state index in [2.05, 4.69) is 4.98 Å². The smallest absolute Gasteiger partial charge is 0.410 e. The maximum Gasteiger partial charge on any atom is 0.410 e. The Balaban J connectivity index is 1.98. The highest BCUT2D eigenvalue weighted by atomic mass is 35.5. The molecule has 1 unspecified atom stereocenters. The number of hydrogen-bond donors (Lipinski definition) is 1. The topological polar surface area (TPSA) is 71.6 Å². The molecule has 1 aromatic heterocycles. The van der Waals surface area contributed by atoms with E-state index in [1.807, 2.05) is 39.0 Å². The predicted octanol–water partition coefficient (Wildman–Crippen LogP) is 4.61. The van der Waals surface area contributed by atoms with E-state index < -0.39 is 5.60 Å². The second-order valence-corrected chi connectivity index (χ2v) is 8.20. The molecule has 1 N–H and O–H groups in total. The second-order valence-electron chi connectivity index (χ2n) is 7.76. The molecule has 0 fully saturated rings. The molecule has 0 saturated heterocycles. The Morgan fingerprint density at radius 1 is 1.33 bits per heavy atom. The summed E-state index contributed by atoms with van der Waals surface area (Å²) >= 11 is 6.17. The Morgan fingerprint density at radius 3 is 2.74 bits per heavy atom. The molecule has 0 bridgehead atoms. The summed E-state index contributed by atoms with van der Waals surface area (Å²) in [6, 6.07) is 5.42. The molecule has 6 nitrogen and oxygen atoms in total. The van der Waals surface area contributed by atoms with Crippen molar-refractivity contribution in [1.82, 2.24) is 9.88 Å². The molecule has 2 aromatic rings. The molecule has 7 heteroatoms. The number of aromatic nitrogens is 1. The van der Waals surface area contributed by atoms with E-state index in [1.165, 1.54) is 7.11 Å². The van der Waals surface area contributed by atoms with Crippen LogP contribution in [0.5, 0.6) is 0 Å². The van der Waals surface area contributed by atoms with Crippen LogP contribution >= 0.6 is 11.6 Å². The van der Waals surface area contributed by atoms with Gasteiger partial charge in [-0.15, -0.1) is 0 Å². The highest BCUT2D eigenvalue weighted by molar-refractivity contribution is 6.31. The minimum absolute atomic E-state index is 0.218. The SMILES string of the molecule is COC(=O)CCC1c2[nH]c3ccc(Cl)cc3c2CCN1C(=O)OC(C)(C)C. The van der Waals surface area contributed by atoms with Crippen LogP contribution in [0.15, 0.2) is 18.2 Å². The zero-order valence-electron chi connectivity index (χ0n) is 16.1. The van der Waals surface area contributed by atoms with E-state index in [1.54, 1.807) is 4.90 Å². The van der Waals surface area contributed by atoms with Gasteiger partial charge < -0.3 is 14.5 Å². The number of rotatable bonds is 3. The third-order valence-corrected chi connectivity index (χ3v) is 4.93. The Kier molecular flexibility index (Phi) is 5.38. The first-order valence-corrected chi connectivity index (χ1v) is 9.44. The molecule has 1 atom stereocenters. The predicted molar refractivity (Wildman–Crippen MR) is 104 cm³/mol. The molecule has 146 valence electrons. The van der Waals surface area contributed by atoms with Gasteiger partial charge in [0.05, 0.1) is 13.2 Å². The summed E-state index contributed by atoms with van der Waals surface area (Å²) in [5, 5.41) is 1.73. The minimum Gasteiger partial charge on any atom is -0.469 e. The van der Waals surface area contributed by atoms with Crippen molar-refractivity contribution in [2.45, 2.75) is 51.7 Å². The van der Waals surface area contributed by atoms with Gasteiger partial charge in [-0.2, -0.15) is 0 Å². The number of carbonyl (C=O) groups is 2. The lowest BCUT2D eigenvalue weighted by atomic mass is 9.94. The van der Waals surface area contributed by atoms with Crippen molar-refractivity contribution in [3.05, 3.63) is 34.5 Å². The highest BCUT2D eigenvalue weighted by Crippen LogP contribution is 2.38. The number of nitrogens with one attached hydrogen (secondary N) is 1. The largest absolute Gasteiger partial charge is 0.469 e. The van der Waals surface area contributed by atoms with Crippen LogP contribution in [0.1, 0.15) is 50.9 Å². The summed E-state index contributed by atoms with van der Waals surface area (Å²) in [7, 11) is 1.37. The van der Waals surface area contributed by atoms with Crippen molar-refractivity contribution in [3.8, 4) is 0 Å². The van der Waals surface area contributed by atoms with Gasteiger partial charge in [0.2, 0.25) is 0 Å². The third kappa shape index (κ3) is 4.21. The summed E-state index contributed by atoms with van der Waals surface area (Å²) in [6.07, 6.45) is 0.999. The van der Waals surface area contributed by atoms with Crippen molar-refractivity contribution >= 4 is 34.6 Å². The standard InChI is InChI=1S/C20H25ClN2O4/c1-20(2,3)27-19(25)23-10-9-13-14-11-12(21)5-6-15(14)22-18(13)16(23)7-8-17(24)26-4/h5-6,11,16,22H,7-10H2,1-4H3. The van der Waals surface area contributed by atoms with Gasteiger partial charge in [0.1, 0.15) is 5.60 Å². The molecule has 1 aliphatic heterocycles. The van der Waals surface area contributed by atoms with E-state index in [0.29, 0.717) is 24.4 Å². The Bertz CT molecular complexity index is 869. The summed E-state index contributed by atoms with van der Waals surface area (Å²) in [5.41, 5.74) is 2.46. The monoisotopic (exact) mass is 392 g/mol. The number of methoxy groups -OCH3 is 1. The summed E-state index contributed by atoms with van der Waals surface area (Å²) in [5.74, 6) is -0.301. The molecule has 27 heavy (non-hydrogen) atoms. The molecule has 2 heterocycles. The van der Waals surface area contributed by atoms with Crippen LogP contribution in [0.25, 0.3) is 10.9 Å². The summed E-state index contributed by atoms with van der Waals surface area (Å²) < 4.78 is 10.4. The van der Waals surface area contributed by atoms with Gasteiger partial charge in [0.15, 0.2) is 0 Å². The van der Waals surface area contributed by atoms with Crippen LogP contribution in [0.3, 0.4) is 0 Å². The molecule has 1 amide bonds. The molecular weight excluding hydrogens is 368 g/mol. The van der Waals surface area contributed by atoms with Gasteiger partial charge in [0.25, 0.3) is 0 Å². The van der Waals surface area contributed by atoms with Crippen LogP contribution in [-0.4, -0.2) is 41.2 Å². The fraction of sp³-hybridized carbons (Fsp3) is 0.500. The number of amides is 1. The number of benzene rings is 1. The zero-order chi connectivity index (χ0) is 19.8. The van der Waals surface area contributed by atoms with Crippen molar-refractivity contribution in [2.75, 3.05) is 13.7 Å². The van der Waals surface area contributed by atoms with Gasteiger partial charge in [-0.3, -0.25) is 9.69 Å². The quantitative estimate of drug-likeness (QED) is 0.774. The number of nitrogens with zero attached hydrogens (tertiary/aromatic N) is 1. The molecule has 0 radical (unpaired) electrons.